The summed E-state index contributed by atoms with van der Waals surface area (Å²) in [7, 11) is 2.17. The maximum atomic E-state index is 13.6. The highest BCUT2D eigenvalue weighted by molar-refractivity contribution is 5.22. The van der Waals surface area contributed by atoms with E-state index in [2.05, 4.69) is 143 Å². The van der Waals surface area contributed by atoms with Gasteiger partial charge in [-0.1, -0.05) is 126 Å². The lowest BCUT2D eigenvalue weighted by atomic mass is 9.79. The monoisotopic (exact) mass is 789 g/mol. The van der Waals surface area contributed by atoms with E-state index in [1.54, 1.807) is 6.92 Å². The number of terminal acetylenes is 1. The van der Waals surface area contributed by atoms with Crippen molar-refractivity contribution in [3.05, 3.63) is 95.6 Å². The minimum Gasteiger partial charge on any atom is -0.313 e. The molecular weight excluding hydrogens is 700 g/mol. The predicted molar refractivity (Wildman–Crippen MR) is 254 cm³/mol. The average molecular weight is 789 g/mol. The zero-order valence-electron chi connectivity index (χ0n) is 39.1. The van der Waals surface area contributed by atoms with Crippen molar-refractivity contribution in [1.29, 1.82) is 0 Å². The van der Waals surface area contributed by atoms with Crippen LogP contribution in [0, 0.1) is 42.9 Å². The molecule has 2 fully saturated rings. The number of rotatable bonds is 16. The van der Waals surface area contributed by atoms with E-state index in [0.29, 0.717) is 12.0 Å². The van der Waals surface area contributed by atoms with E-state index in [9.17, 15) is 4.39 Å². The van der Waals surface area contributed by atoms with Gasteiger partial charge in [0.05, 0.1) is 0 Å². The van der Waals surface area contributed by atoms with Crippen LogP contribution in [-0.4, -0.2) is 92.9 Å². The van der Waals surface area contributed by atoms with Crippen LogP contribution < -0.4 is 5.32 Å². The fourth-order valence-corrected chi connectivity index (χ4v) is 7.74. The highest BCUT2D eigenvalue weighted by Crippen LogP contribution is 2.34. The molecule has 3 aliphatic rings. The third kappa shape index (κ3) is 24.1. The number of likely N-dealkylation sites (N-methyl/N-ethyl adjacent to an activating group) is 1. The van der Waals surface area contributed by atoms with E-state index < -0.39 is 0 Å². The molecule has 6 unspecified atom stereocenters. The Morgan fingerprint density at radius 2 is 1.74 bits per heavy atom. The molecule has 2 heterocycles. The smallest absolute Gasteiger partial charge is 0.112 e. The Labute approximate surface area is 354 Å². The molecule has 324 valence electrons. The van der Waals surface area contributed by atoms with E-state index in [4.69, 9.17) is 0 Å². The fraction of sp³-hybridized carbons (Fsp3) is 0.654. The zero-order chi connectivity index (χ0) is 43.0. The number of hydrogen-bond donors (Lipinski definition) is 1. The quantitative estimate of drug-likeness (QED) is 0.102. The number of fused-ring (bicyclic) bond motifs is 2. The highest BCUT2D eigenvalue weighted by atomic mass is 19.1. The minimum absolute atomic E-state index is 0.250. The van der Waals surface area contributed by atoms with Gasteiger partial charge in [0.1, 0.15) is 6.67 Å². The lowest BCUT2D eigenvalue weighted by Crippen LogP contribution is -2.50. The van der Waals surface area contributed by atoms with Gasteiger partial charge in [0.25, 0.3) is 0 Å². The van der Waals surface area contributed by atoms with Crippen LogP contribution in [0.1, 0.15) is 119 Å². The van der Waals surface area contributed by atoms with Crippen molar-refractivity contribution in [2.75, 3.05) is 66.1 Å². The van der Waals surface area contributed by atoms with E-state index in [1.165, 1.54) is 36.1 Å². The molecule has 2 bridgehead atoms. The van der Waals surface area contributed by atoms with Crippen LogP contribution in [0.4, 0.5) is 4.39 Å². The molecule has 1 aromatic carbocycles. The second kappa shape index (κ2) is 34.1. The van der Waals surface area contributed by atoms with Crippen molar-refractivity contribution in [2.45, 2.75) is 133 Å². The molecule has 0 radical (unpaired) electrons. The van der Waals surface area contributed by atoms with E-state index in [1.807, 2.05) is 39.0 Å². The largest absolute Gasteiger partial charge is 0.313 e. The van der Waals surface area contributed by atoms with Gasteiger partial charge in [-0.3, -0.25) is 4.90 Å². The number of nitrogens with one attached hydrogen (secondary N) is 1. The summed E-state index contributed by atoms with van der Waals surface area (Å²) in [5.41, 5.74) is 5.01. The molecule has 1 aliphatic carbocycles. The molecule has 0 spiro atoms. The van der Waals surface area contributed by atoms with Gasteiger partial charge in [-0.15, -0.1) is 18.9 Å². The van der Waals surface area contributed by atoms with E-state index >= 15 is 0 Å². The first-order chi connectivity index (χ1) is 27.5. The first-order valence-corrected chi connectivity index (χ1v) is 22.6. The molecule has 0 aromatic heterocycles. The van der Waals surface area contributed by atoms with Crippen LogP contribution in [0.25, 0.3) is 0 Å². The molecule has 1 N–H and O–H groups in total. The molecule has 57 heavy (non-hydrogen) atoms. The lowest BCUT2D eigenvalue weighted by molar-refractivity contribution is 0.115. The number of nitrogens with zero attached hydrogens (tertiary/aromatic N) is 3. The zero-order valence-corrected chi connectivity index (χ0v) is 39.1. The van der Waals surface area contributed by atoms with Crippen LogP contribution in [0.3, 0.4) is 0 Å². The number of allylic oxidation sites excluding steroid dienone is 6. The van der Waals surface area contributed by atoms with Crippen LogP contribution in [0.5, 0.6) is 0 Å². The molecule has 4 rings (SSSR count). The van der Waals surface area contributed by atoms with Crippen molar-refractivity contribution >= 4 is 0 Å². The minimum atomic E-state index is -0.341. The maximum absolute atomic E-state index is 13.6. The first-order valence-electron chi connectivity index (χ1n) is 22.6. The summed E-state index contributed by atoms with van der Waals surface area (Å²) in [4.78, 5) is 7.29. The highest BCUT2D eigenvalue weighted by Gasteiger charge is 2.32. The van der Waals surface area contributed by atoms with Gasteiger partial charge in [-0.25, -0.2) is 4.39 Å². The summed E-state index contributed by atoms with van der Waals surface area (Å²) in [6.07, 6.45) is 28.2. The van der Waals surface area contributed by atoms with Crippen molar-refractivity contribution in [3.8, 4) is 12.3 Å². The SMILES string of the molecule is C#CC.C/C=C\C=C(/CF)C(CCCN(CC)CC)N1CCN(C)CC1.C=C(C)CC1NCC2CC1C=CCC2C.CC.CCC=CC(C)Cc1ccc(C)cc1. The number of aryl methyl sites for hydroxylation is 1. The molecule has 2 aliphatic heterocycles. The van der Waals surface area contributed by atoms with Gasteiger partial charge in [-0.05, 0) is 141 Å². The number of hydrogen-bond acceptors (Lipinski definition) is 4. The summed E-state index contributed by atoms with van der Waals surface area (Å²) in [5.74, 6) is 5.37. The van der Waals surface area contributed by atoms with Gasteiger partial charge in [0.15, 0.2) is 0 Å². The summed E-state index contributed by atoms with van der Waals surface area (Å²) in [6, 6.07) is 9.72. The Kier molecular flexibility index (Phi) is 32.5. The first kappa shape index (κ1) is 54.2. The van der Waals surface area contributed by atoms with E-state index in [0.717, 1.165) is 101 Å². The Balaban J connectivity index is 0.000000805. The fourth-order valence-electron chi connectivity index (χ4n) is 7.74. The van der Waals surface area contributed by atoms with Gasteiger partial charge < -0.3 is 15.1 Å². The van der Waals surface area contributed by atoms with Crippen molar-refractivity contribution in [2.24, 2.45) is 23.7 Å². The standard InChI is InChI=1S/C19H36FN3.C14H23N.C14H20.C3H4.C2H6/c1-5-8-10-18(17-20)19(11-9-12-22(6-2)7-3)23-15-13-21(4)14-16-23;1-10(2)7-14-12-6-4-5-11(3)13(8-12)9-15-14;1-4-5-6-13(3)11-14-9-7-12(2)8-10-14;1-3-2;1-2/h5,8,10,19H,6-7,9,11-17H2,1-4H3;4,6,11-15H,1,5,7-9H2,2-3H3;5-10,13H,4,11H2,1-3H3;1H,2H3;1-2H3/b8-5-,18-10+;;;;. The van der Waals surface area contributed by atoms with Gasteiger partial charge in [0, 0.05) is 38.3 Å². The normalized spacial score (nSPS) is 22.0. The second-order valence-electron chi connectivity index (χ2n) is 16.2. The number of alkyl halides is 1. The summed E-state index contributed by atoms with van der Waals surface area (Å²) in [6.45, 7) is 35.6. The maximum Gasteiger partial charge on any atom is 0.112 e. The Morgan fingerprint density at radius 1 is 1.11 bits per heavy atom. The van der Waals surface area contributed by atoms with Crippen molar-refractivity contribution in [3.63, 3.8) is 0 Å². The second-order valence-corrected chi connectivity index (χ2v) is 16.2. The number of benzene rings is 1. The Morgan fingerprint density at radius 3 is 2.28 bits per heavy atom. The molecule has 0 amide bonds. The van der Waals surface area contributed by atoms with Gasteiger partial charge in [-0.2, -0.15) is 0 Å². The number of halogens is 1. The molecule has 6 atom stereocenters. The van der Waals surface area contributed by atoms with Crippen molar-refractivity contribution < 1.29 is 4.39 Å². The number of piperazine rings is 1. The van der Waals surface area contributed by atoms with Crippen LogP contribution in [0.2, 0.25) is 0 Å². The predicted octanol–water partition coefficient (Wildman–Crippen LogP) is 12.1. The van der Waals surface area contributed by atoms with Gasteiger partial charge in [0.2, 0.25) is 0 Å². The summed E-state index contributed by atoms with van der Waals surface area (Å²) >= 11 is 0. The molecule has 5 heteroatoms. The molecule has 1 aromatic rings. The van der Waals surface area contributed by atoms with E-state index in [-0.39, 0.29) is 12.7 Å². The molecule has 0 saturated carbocycles. The Bertz CT molecular complexity index is 1290. The molecular formula is C52H89FN4. The van der Waals surface area contributed by atoms with Gasteiger partial charge >= 0.3 is 0 Å². The third-order valence-corrected chi connectivity index (χ3v) is 11.3. The van der Waals surface area contributed by atoms with Crippen LogP contribution in [0.15, 0.2) is 84.5 Å². The summed E-state index contributed by atoms with van der Waals surface area (Å²) < 4.78 is 13.6. The lowest BCUT2D eigenvalue weighted by Gasteiger charge is -2.39. The van der Waals surface area contributed by atoms with Crippen LogP contribution >= 0.6 is 0 Å². The third-order valence-electron chi connectivity index (χ3n) is 11.3. The Hall–Kier alpha value is -2.75. The topological polar surface area (TPSA) is 21.8 Å². The van der Waals surface area contributed by atoms with Crippen LogP contribution in [-0.2, 0) is 6.42 Å². The molecule has 4 nitrogen and oxygen atoms in total. The average Bonchev–Trinajstić information content (AvgIpc) is 3.36. The number of piperidine rings is 1. The van der Waals surface area contributed by atoms with Crippen molar-refractivity contribution in [1.82, 2.24) is 20.0 Å². The molecule has 2 saturated heterocycles. The summed E-state index contributed by atoms with van der Waals surface area (Å²) in [5, 5.41) is 3.71.